The van der Waals surface area contributed by atoms with E-state index in [-0.39, 0.29) is 0 Å². The van der Waals surface area contributed by atoms with Gasteiger partial charge in [0, 0.05) is 25.6 Å². The summed E-state index contributed by atoms with van der Waals surface area (Å²) in [6.07, 6.45) is 6.57. The molecule has 0 radical (unpaired) electrons. The number of carbonyl (C=O) groups is 1. The zero-order valence-electron chi connectivity index (χ0n) is 8.13. The first-order chi connectivity index (χ1) is 6.38. The molecule has 1 saturated carbocycles. The number of rotatable bonds is 1. The van der Waals surface area contributed by atoms with Gasteiger partial charge in [-0.2, -0.15) is 0 Å². The molecule has 1 aliphatic carbocycles. The fourth-order valence-corrected chi connectivity index (χ4v) is 2.63. The van der Waals surface area contributed by atoms with Crippen molar-refractivity contribution in [1.29, 1.82) is 0 Å². The Balaban J connectivity index is 1.92. The molecule has 0 aromatic heterocycles. The molecule has 2 heteroatoms. The van der Waals surface area contributed by atoms with Gasteiger partial charge in [-0.3, -0.25) is 4.79 Å². The lowest BCUT2D eigenvalue weighted by molar-refractivity contribution is -0.127. The highest BCUT2D eigenvalue weighted by Crippen LogP contribution is 2.32. The van der Waals surface area contributed by atoms with Crippen LogP contribution in [0.2, 0.25) is 0 Å². The Morgan fingerprint density at radius 2 is 1.85 bits per heavy atom. The summed E-state index contributed by atoms with van der Waals surface area (Å²) in [6, 6.07) is 0. The molecule has 1 unspecified atom stereocenters. The van der Waals surface area contributed by atoms with Crippen molar-refractivity contribution in [2.75, 3.05) is 13.2 Å². The summed E-state index contributed by atoms with van der Waals surface area (Å²) in [5, 5.41) is 0. The van der Waals surface area contributed by atoms with Crippen LogP contribution in [0, 0.1) is 11.8 Å². The average molecular weight is 182 g/mol. The number of Topliss-reactive ketones (excluding diaryl/α,β-unsaturated/α-hetero) is 1. The van der Waals surface area contributed by atoms with Crippen LogP contribution in [0.15, 0.2) is 0 Å². The molecule has 2 rings (SSSR count). The number of ether oxygens (including phenoxy) is 1. The third-order valence-electron chi connectivity index (χ3n) is 3.44. The molecule has 0 N–H and O–H groups in total. The van der Waals surface area contributed by atoms with E-state index in [0.717, 1.165) is 45.3 Å². The SMILES string of the molecule is O=C1CCCCC1C1CCOCC1. The smallest absolute Gasteiger partial charge is 0.136 e. The highest BCUT2D eigenvalue weighted by atomic mass is 16.5. The minimum Gasteiger partial charge on any atom is -0.381 e. The van der Waals surface area contributed by atoms with Crippen molar-refractivity contribution in [3.63, 3.8) is 0 Å². The number of carbonyl (C=O) groups excluding carboxylic acids is 1. The van der Waals surface area contributed by atoms with Crippen LogP contribution in [0.4, 0.5) is 0 Å². The topological polar surface area (TPSA) is 26.3 Å². The second-order valence-corrected chi connectivity index (χ2v) is 4.27. The lowest BCUT2D eigenvalue weighted by Gasteiger charge is -2.31. The highest BCUT2D eigenvalue weighted by molar-refractivity contribution is 5.81. The fourth-order valence-electron chi connectivity index (χ4n) is 2.63. The van der Waals surface area contributed by atoms with Crippen LogP contribution >= 0.6 is 0 Å². The van der Waals surface area contributed by atoms with Gasteiger partial charge in [0.1, 0.15) is 5.78 Å². The van der Waals surface area contributed by atoms with Gasteiger partial charge >= 0.3 is 0 Å². The molecule has 2 aliphatic rings. The Hall–Kier alpha value is -0.370. The maximum absolute atomic E-state index is 11.7. The van der Waals surface area contributed by atoms with E-state index in [2.05, 4.69) is 0 Å². The Morgan fingerprint density at radius 1 is 1.08 bits per heavy atom. The van der Waals surface area contributed by atoms with Gasteiger partial charge in [0.05, 0.1) is 0 Å². The summed E-state index contributed by atoms with van der Waals surface area (Å²) in [7, 11) is 0. The van der Waals surface area contributed by atoms with Crippen LogP contribution in [0.1, 0.15) is 38.5 Å². The van der Waals surface area contributed by atoms with Crippen molar-refractivity contribution in [3.05, 3.63) is 0 Å². The molecule has 1 aliphatic heterocycles. The zero-order chi connectivity index (χ0) is 9.10. The first-order valence-electron chi connectivity index (χ1n) is 5.48. The first-order valence-corrected chi connectivity index (χ1v) is 5.48. The third kappa shape index (κ3) is 2.11. The molecule has 1 atom stereocenters. The van der Waals surface area contributed by atoms with E-state index in [4.69, 9.17) is 4.74 Å². The van der Waals surface area contributed by atoms with Crippen molar-refractivity contribution in [2.45, 2.75) is 38.5 Å². The van der Waals surface area contributed by atoms with Crippen LogP contribution in [0.5, 0.6) is 0 Å². The molecule has 2 nitrogen and oxygen atoms in total. The zero-order valence-corrected chi connectivity index (χ0v) is 8.13. The van der Waals surface area contributed by atoms with Crippen molar-refractivity contribution in [3.8, 4) is 0 Å². The minimum atomic E-state index is 0.387. The van der Waals surface area contributed by atoms with Crippen LogP contribution in [-0.4, -0.2) is 19.0 Å². The maximum Gasteiger partial charge on any atom is 0.136 e. The Bertz CT molecular complexity index is 183. The van der Waals surface area contributed by atoms with Crippen LogP contribution in [-0.2, 0) is 9.53 Å². The second kappa shape index (κ2) is 4.23. The van der Waals surface area contributed by atoms with E-state index in [1.54, 1.807) is 0 Å². The Kier molecular flexibility index (Phi) is 2.99. The number of ketones is 1. The molecule has 0 bridgehead atoms. The standard InChI is InChI=1S/C11H18O2/c12-11-4-2-1-3-10(11)9-5-7-13-8-6-9/h9-10H,1-8H2. The average Bonchev–Trinajstić information content (AvgIpc) is 2.20. The fraction of sp³-hybridized carbons (Fsp3) is 0.909. The molecule has 0 aromatic carbocycles. The van der Waals surface area contributed by atoms with Gasteiger partial charge in [-0.1, -0.05) is 6.42 Å². The van der Waals surface area contributed by atoms with Crippen molar-refractivity contribution in [1.82, 2.24) is 0 Å². The van der Waals surface area contributed by atoms with Gasteiger partial charge < -0.3 is 4.74 Å². The summed E-state index contributed by atoms with van der Waals surface area (Å²) in [6.45, 7) is 1.74. The van der Waals surface area contributed by atoms with Crippen molar-refractivity contribution < 1.29 is 9.53 Å². The van der Waals surface area contributed by atoms with Gasteiger partial charge in [0.25, 0.3) is 0 Å². The lowest BCUT2D eigenvalue weighted by atomic mass is 9.76. The molecule has 0 amide bonds. The summed E-state index contributed by atoms with van der Waals surface area (Å²) in [4.78, 5) is 11.7. The van der Waals surface area contributed by atoms with Gasteiger partial charge in [0.15, 0.2) is 0 Å². The molecular formula is C11H18O2. The predicted molar refractivity (Wildman–Crippen MR) is 50.5 cm³/mol. The summed E-state index contributed by atoms with van der Waals surface area (Å²) in [5.41, 5.74) is 0. The Labute approximate surface area is 79.7 Å². The largest absolute Gasteiger partial charge is 0.381 e. The summed E-state index contributed by atoms with van der Waals surface area (Å²) >= 11 is 0. The molecule has 74 valence electrons. The van der Waals surface area contributed by atoms with Crippen LogP contribution in [0.25, 0.3) is 0 Å². The normalized spacial score (nSPS) is 32.0. The van der Waals surface area contributed by atoms with Gasteiger partial charge in [0.2, 0.25) is 0 Å². The van der Waals surface area contributed by atoms with Gasteiger partial charge in [-0.25, -0.2) is 0 Å². The summed E-state index contributed by atoms with van der Waals surface area (Å²) in [5.74, 6) is 1.55. The minimum absolute atomic E-state index is 0.387. The van der Waals surface area contributed by atoms with E-state index in [1.165, 1.54) is 6.42 Å². The highest BCUT2D eigenvalue weighted by Gasteiger charge is 2.30. The van der Waals surface area contributed by atoms with E-state index < -0.39 is 0 Å². The first kappa shape index (κ1) is 9.20. The van der Waals surface area contributed by atoms with Crippen molar-refractivity contribution >= 4 is 5.78 Å². The molecule has 1 saturated heterocycles. The Morgan fingerprint density at radius 3 is 2.54 bits per heavy atom. The number of hydrogen-bond acceptors (Lipinski definition) is 2. The molecule has 1 heterocycles. The molecule has 0 spiro atoms. The molecule has 2 fully saturated rings. The van der Waals surface area contributed by atoms with E-state index in [9.17, 15) is 4.79 Å². The summed E-state index contributed by atoms with van der Waals surface area (Å²) < 4.78 is 5.31. The molecular weight excluding hydrogens is 164 g/mol. The van der Waals surface area contributed by atoms with E-state index in [1.807, 2.05) is 0 Å². The number of hydrogen-bond donors (Lipinski definition) is 0. The van der Waals surface area contributed by atoms with E-state index in [0.29, 0.717) is 17.6 Å². The van der Waals surface area contributed by atoms with Crippen LogP contribution in [0.3, 0.4) is 0 Å². The van der Waals surface area contributed by atoms with Crippen LogP contribution < -0.4 is 0 Å². The van der Waals surface area contributed by atoms with Crippen molar-refractivity contribution in [2.24, 2.45) is 11.8 Å². The lowest BCUT2D eigenvalue weighted by Crippen LogP contribution is -2.31. The van der Waals surface area contributed by atoms with E-state index >= 15 is 0 Å². The van der Waals surface area contributed by atoms with Gasteiger partial charge in [-0.15, -0.1) is 0 Å². The maximum atomic E-state index is 11.7. The van der Waals surface area contributed by atoms with Gasteiger partial charge in [-0.05, 0) is 31.6 Å². The molecule has 0 aromatic rings. The second-order valence-electron chi connectivity index (χ2n) is 4.27. The quantitative estimate of drug-likeness (QED) is 0.621. The predicted octanol–water partition coefficient (Wildman–Crippen LogP) is 2.17. The molecule has 13 heavy (non-hydrogen) atoms. The third-order valence-corrected chi connectivity index (χ3v) is 3.44. The monoisotopic (exact) mass is 182 g/mol.